The van der Waals surface area contributed by atoms with Crippen LogP contribution in [0.15, 0.2) is 24.3 Å². The van der Waals surface area contributed by atoms with Gasteiger partial charge in [-0.25, -0.2) is 9.59 Å². The summed E-state index contributed by atoms with van der Waals surface area (Å²) in [4.78, 5) is 24.7. The molecule has 184 valence electrons. The number of ether oxygens (including phenoxy) is 3. The highest BCUT2D eigenvalue weighted by atomic mass is 16.7. The van der Waals surface area contributed by atoms with Crippen LogP contribution in [0.3, 0.4) is 0 Å². The summed E-state index contributed by atoms with van der Waals surface area (Å²) in [6.07, 6.45) is -9.10. The Kier molecular flexibility index (Phi) is 6.88. The van der Waals surface area contributed by atoms with Crippen LogP contribution < -0.4 is 0 Å². The summed E-state index contributed by atoms with van der Waals surface area (Å²) in [6, 6.07) is 3.01. The number of aliphatic hydroxyl groups is 3. The third-order valence-corrected chi connectivity index (χ3v) is 4.90. The van der Waals surface area contributed by atoms with E-state index in [4.69, 9.17) is 14.2 Å². The lowest BCUT2D eigenvalue weighted by Crippen LogP contribution is -2.60. The van der Waals surface area contributed by atoms with Gasteiger partial charge in [0.25, 0.3) is 0 Å². The van der Waals surface area contributed by atoms with E-state index >= 15 is 0 Å². The molecule has 1 fully saturated rings. The number of rotatable bonds is 5. The summed E-state index contributed by atoms with van der Waals surface area (Å²) in [7, 11) is 0. The Morgan fingerprint density at radius 2 is 1.15 bits per heavy atom. The number of aromatic hydroxyl groups is 6. The van der Waals surface area contributed by atoms with Gasteiger partial charge < -0.3 is 60.2 Å². The zero-order valence-corrected chi connectivity index (χ0v) is 17.0. The maximum absolute atomic E-state index is 12.4. The number of esters is 2. The molecular formula is C20H20O14. The number of phenolic OH excluding ortho intramolecular Hbond substituents is 6. The molecule has 1 aliphatic heterocycles. The number of carbonyl (C=O) groups is 2. The third-order valence-electron chi connectivity index (χ3n) is 4.90. The topological polar surface area (TPSA) is 244 Å². The number of hydrogen-bond donors (Lipinski definition) is 9. The molecule has 0 aliphatic carbocycles. The average Bonchev–Trinajstić information content (AvgIpc) is 2.79. The fraction of sp³-hybridized carbons (Fsp3) is 0.300. The van der Waals surface area contributed by atoms with E-state index in [1.165, 1.54) is 0 Å². The zero-order chi connectivity index (χ0) is 25.3. The summed E-state index contributed by atoms with van der Waals surface area (Å²) >= 11 is 0. The monoisotopic (exact) mass is 484 g/mol. The third kappa shape index (κ3) is 4.69. The summed E-state index contributed by atoms with van der Waals surface area (Å²) in [5.74, 6) is -7.65. The lowest BCUT2D eigenvalue weighted by Gasteiger charge is -2.40. The molecule has 0 saturated carbocycles. The minimum Gasteiger partial charge on any atom is -0.504 e. The molecule has 0 bridgehead atoms. The van der Waals surface area contributed by atoms with Gasteiger partial charge in [-0.3, -0.25) is 0 Å². The summed E-state index contributed by atoms with van der Waals surface area (Å²) in [5.41, 5.74) is -0.911. The van der Waals surface area contributed by atoms with Gasteiger partial charge in [0, 0.05) is 0 Å². The molecule has 1 aliphatic rings. The van der Waals surface area contributed by atoms with E-state index in [-0.39, 0.29) is 0 Å². The second kappa shape index (κ2) is 9.48. The van der Waals surface area contributed by atoms with Crippen LogP contribution in [-0.2, 0) is 14.2 Å². The van der Waals surface area contributed by atoms with Crippen molar-refractivity contribution in [3.8, 4) is 34.5 Å². The molecule has 0 radical (unpaired) electrons. The molecule has 3 rings (SSSR count). The first-order chi connectivity index (χ1) is 15.9. The lowest BCUT2D eigenvalue weighted by atomic mass is 9.98. The quantitative estimate of drug-likeness (QED) is 0.178. The van der Waals surface area contributed by atoms with Crippen LogP contribution in [0.25, 0.3) is 0 Å². The predicted molar refractivity (Wildman–Crippen MR) is 105 cm³/mol. The molecule has 0 unspecified atom stereocenters. The Bertz CT molecular complexity index is 1050. The Hall–Kier alpha value is -3.98. The summed E-state index contributed by atoms with van der Waals surface area (Å²) in [6.45, 7) is -0.886. The fourth-order valence-electron chi connectivity index (χ4n) is 3.10. The van der Waals surface area contributed by atoms with Crippen molar-refractivity contribution in [1.29, 1.82) is 0 Å². The van der Waals surface area contributed by atoms with Gasteiger partial charge in [0.05, 0.1) is 17.7 Å². The first-order valence-electron chi connectivity index (χ1n) is 9.48. The van der Waals surface area contributed by atoms with Crippen molar-refractivity contribution in [3.05, 3.63) is 35.4 Å². The number of aliphatic hydroxyl groups excluding tert-OH is 3. The molecule has 1 saturated heterocycles. The summed E-state index contributed by atoms with van der Waals surface area (Å²) < 4.78 is 15.1. The van der Waals surface area contributed by atoms with Gasteiger partial charge >= 0.3 is 11.9 Å². The van der Waals surface area contributed by atoms with Gasteiger partial charge in [0.2, 0.25) is 6.29 Å². The molecule has 0 amide bonds. The van der Waals surface area contributed by atoms with Crippen molar-refractivity contribution in [1.82, 2.24) is 0 Å². The van der Waals surface area contributed by atoms with Crippen LogP contribution >= 0.6 is 0 Å². The van der Waals surface area contributed by atoms with E-state index in [2.05, 4.69) is 0 Å². The van der Waals surface area contributed by atoms with E-state index in [0.717, 1.165) is 24.3 Å². The van der Waals surface area contributed by atoms with E-state index in [9.17, 15) is 55.5 Å². The first-order valence-corrected chi connectivity index (χ1v) is 9.48. The second-order valence-corrected chi connectivity index (χ2v) is 7.21. The van der Waals surface area contributed by atoms with E-state index in [0.29, 0.717) is 0 Å². The van der Waals surface area contributed by atoms with E-state index in [1.54, 1.807) is 0 Å². The van der Waals surface area contributed by atoms with Gasteiger partial charge in [0.15, 0.2) is 40.6 Å². The van der Waals surface area contributed by atoms with Crippen LogP contribution in [0.2, 0.25) is 0 Å². The van der Waals surface area contributed by atoms with Crippen molar-refractivity contribution in [3.63, 3.8) is 0 Å². The van der Waals surface area contributed by atoms with Crippen LogP contribution in [-0.4, -0.2) is 95.2 Å². The highest BCUT2D eigenvalue weighted by molar-refractivity contribution is 5.92. The van der Waals surface area contributed by atoms with E-state index in [1.807, 2.05) is 0 Å². The van der Waals surface area contributed by atoms with Crippen molar-refractivity contribution in [2.45, 2.75) is 30.7 Å². The Balaban J connectivity index is 1.75. The minimum atomic E-state index is -2.01. The molecular weight excluding hydrogens is 464 g/mol. The predicted octanol–water partition coefficient (Wildman–Crippen LogP) is -1.26. The number of benzene rings is 2. The van der Waals surface area contributed by atoms with Gasteiger partial charge in [0.1, 0.15) is 18.3 Å². The summed E-state index contributed by atoms with van der Waals surface area (Å²) in [5, 5.41) is 87.1. The molecule has 0 aromatic heterocycles. The van der Waals surface area contributed by atoms with E-state index < -0.39 is 94.9 Å². The van der Waals surface area contributed by atoms with Gasteiger partial charge in [-0.05, 0) is 24.3 Å². The molecule has 2 aromatic carbocycles. The fourth-order valence-corrected chi connectivity index (χ4v) is 3.10. The molecule has 0 spiro atoms. The Labute approximate surface area is 189 Å². The normalized spacial score (nSPS) is 24.4. The molecule has 14 heteroatoms. The average molecular weight is 484 g/mol. The van der Waals surface area contributed by atoms with Crippen molar-refractivity contribution >= 4 is 11.9 Å². The van der Waals surface area contributed by atoms with Gasteiger partial charge in [-0.15, -0.1) is 0 Å². The molecule has 34 heavy (non-hydrogen) atoms. The number of carbonyl (C=O) groups excluding carboxylic acids is 2. The highest BCUT2D eigenvalue weighted by Crippen LogP contribution is 2.37. The number of phenols is 6. The van der Waals surface area contributed by atoms with Gasteiger partial charge in [-0.1, -0.05) is 0 Å². The lowest BCUT2D eigenvalue weighted by molar-refractivity contribution is -0.284. The molecule has 2 aromatic rings. The molecule has 9 N–H and O–H groups in total. The second-order valence-electron chi connectivity index (χ2n) is 7.21. The highest BCUT2D eigenvalue weighted by Gasteiger charge is 2.48. The molecule has 14 nitrogen and oxygen atoms in total. The van der Waals surface area contributed by atoms with Crippen LogP contribution in [0.5, 0.6) is 34.5 Å². The van der Waals surface area contributed by atoms with Crippen molar-refractivity contribution < 1.29 is 69.8 Å². The Morgan fingerprint density at radius 1 is 0.735 bits per heavy atom. The van der Waals surface area contributed by atoms with Crippen LogP contribution in [0.1, 0.15) is 20.7 Å². The number of hydrogen-bond acceptors (Lipinski definition) is 14. The molecule has 5 atom stereocenters. The van der Waals surface area contributed by atoms with Crippen molar-refractivity contribution in [2.75, 3.05) is 6.61 Å². The standard InChI is InChI=1S/C20H20O14/c21-5-12-17(33-18(30)6-1-8(22)13(26)9(23)2-6)15(28)16(29)20(32-12)34-19(31)7-3-10(24)14(27)11(25)4-7/h1-4,12,15-17,20-29H,5H2/t12-,15-,16-,17-,20+/m1/s1. The Morgan fingerprint density at radius 3 is 1.56 bits per heavy atom. The largest absolute Gasteiger partial charge is 0.504 e. The van der Waals surface area contributed by atoms with Crippen LogP contribution in [0.4, 0.5) is 0 Å². The maximum atomic E-state index is 12.4. The van der Waals surface area contributed by atoms with Crippen molar-refractivity contribution in [2.24, 2.45) is 0 Å². The minimum absolute atomic E-state index is 0.452. The SMILES string of the molecule is O=C(O[C@@H]1O[C@H](CO)[C@@H](OC(=O)c2cc(O)c(O)c(O)c2)[C@H](O)[C@H]1O)c1cc(O)c(O)c(O)c1. The maximum Gasteiger partial charge on any atom is 0.340 e. The smallest absolute Gasteiger partial charge is 0.340 e. The van der Waals surface area contributed by atoms with Gasteiger partial charge in [-0.2, -0.15) is 0 Å². The first kappa shape index (κ1) is 24.7. The zero-order valence-electron chi connectivity index (χ0n) is 17.0. The van der Waals surface area contributed by atoms with Crippen LogP contribution in [0, 0.1) is 0 Å². The molecule has 1 heterocycles.